The van der Waals surface area contributed by atoms with E-state index in [0.717, 1.165) is 36.5 Å². The van der Waals surface area contributed by atoms with Crippen LogP contribution in [-0.2, 0) is 6.42 Å². The van der Waals surface area contributed by atoms with Crippen LogP contribution in [0.3, 0.4) is 0 Å². The highest BCUT2D eigenvalue weighted by molar-refractivity contribution is 5.41. The first-order chi connectivity index (χ1) is 9.35. The van der Waals surface area contributed by atoms with E-state index in [4.69, 9.17) is 4.74 Å². The number of hydrogen-bond donors (Lipinski definition) is 1. The zero-order valence-electron chi connectivity index (χ0n) is 11.7. The Bertz CT molecular complexity index is 484. The molecule has 19 heavy (non-hydrogen) atoms. The molecule has 0 amide bonds. The minimum atomic E-state index is 0.543. The van der Waals surface area contributed by atoms with Gasteiger partial charge in [-0.25, -0.2) is 0 Å². The predicted octanol–water partition coefficient (Wildman–Crippen LogP) is 3.32. The lowest BCUT2D eigenvalue weighted by Gasteiger charge is -2.31. The molecule has 2 saturated carbocycles. The fraction of sp³-hybridized carbons (Fsp3) is 0.647. The predicted molar refractivity (Wildman–Crippen MR) is 76.4 cm³/mol. The summed E-state index contributed by atoms with van der Waals surface area (Å²) in [6.45, 7) is 0.858. The molecule has 1 aromatic rings. The molecule has 1 aliphatic heterocycles. The minimum Gasteiger partial charge on any atom is -0.493 e. The summed E-state index contributed by atoms with van der Waals surface area (Å²) in [5, 5.41) is 3.60. The van der Waals surface area contributed by atoms with Crippen molar-refractivity contribution in [2.75, 3.05) is 13.7 Å². The van der Waals surface area contributed by atoms with E-state index in [1.807, 2.05) is 0 Å². The molecule has 1 N–H and O–H groups in total. The molecule has 0 aromatic heterocycles. The molecule has 102 valence electrons. The smallest absolute Gasteiger partial charge is 0.122 e. The molecule has 4 rings (SSSR count). The standard InChI is InChI=1S/C17H23NO/c1-18-17(15-9-11-2-3-12(15)8-11)14-4-5-16-13(10-14)6-7-19-16/h4-5,10-12,15,17-18H,2-3,6-9H2,1H3. The van der Waals surface area contributed by atoms with Gasteiger partial charge >= 0.3 is 0 Å². The average Bonchev–Trinajstić information content (AvgIpc) is 3.15. The highest BCUT2D eigenvalue weighted by Crippen LogP contribution is 2.52. The largest absolute Gasteiger partial charge is 0.493 e. The van der Waals surface area contributed by atoms with Crippen LogP contribution in [0.25, 0.3) is 0 Å². The number of nitrogens with one attached hydrogen (secondary N) is 1. The fourth-order valence-corrected chi connectivity index (χ4v) is 4.73. The number of fused-ring (bicyclic) bond motifs is 3. The number of rotatable bonds is 3. The van der Waals surface area contributed by atoms with E-state index in [1.165, 1.54) is 36.8 Å². The van der Waals surface area contributed by atoms with E-state index in [9.17, 15) is 0 Å². The van der Waals surface area contributed by atoms with E-state index in [1.54, 1.807) is 0 Å². The molecule has 3 aliphatic rings. The molecular formula is C17H23NO. The van der Waals surface area contributed by atoms with Gasteiger partial charge in [-0.15, -0.1) is 0 Å². The van der Waals surface area contributed by atoms with Crippen molar-refractivity contribution in [2.45, 2.75) is 38.1 Å². The van der Waals surface area contributed by atoms with Crippen LogP contribution in [-0.4, -0.2) is 13.7 Å². The van der Waals surface area contributed by atoms with E-state index in [2.05, 4.69) is 30.6 Å². The van der Waals surface area contributed by atoms with Crippen LogP contribution in [0.2, 0.25) is 0 Å². The lowest BCUT2D eigenvalue weighted by atomic mass is 9.80. The monoisotopic (exact) mass is 257 g/mol. The molecule has 4 atom stereocenters. The molecule has 2 aliphatic carbocycles. The lowest BCUT2D eigenvalue weighted by Crippen LogP contribution is -2.29. The normalized spacial score (nSPS) is 33.2. The molecule has 2 fully saturated rings. The van der Waals surface area contributed by atoms with Gasteiger partial charge < -0.3 is 10.1 Å². The molecule has 0 spiro atoms. The Hall–Kier alpha value is -1.02. The first-order valence-electron chi connectivity index (χ1n) is 7.78. The third-order valence-electron chi connectivity index (χ3n) is 5.60. The first-order valence-corrected chi connectivity index (χ1v) is 7.78. The van der Waals surface area contributed by atoms with Crippen molar-refractivity contribution in [2.24, 2.45) is 17.8 Å². The fourth-order valence-electron chi connectivity index (χ4n) is 4.73. The summed E-state index contributed by atoms with van der Waals surface area (Å²) in [5.41, 5.74) is 2.88. The summed E-state index contributed by atoms with van der Waals surface area (Å²) >= 11 is 0. The first kappa shape index (κ1) is 11.8. The van der Waals surface area contributed by atoms with E-state index < -0.39 is 0 Å². The Morgan fingerprint density at radius 2 is 2.21 bits per heavy atom. The van der Waals surface area contributed by atoms with Crippen molar-refractivity contribution in [1.29, 1.82) is 0 Å². The summed E-state index contributed by atoms with van der Waals surface area (Å²) in [6, 6.07) is 7.38. The summed E-state index contributed by atoms with van der Waals surface area (Å²) in [6.07, 6.45) is 6.94. The molecule has 1 aromatic carbocycles. The molecule has 2 bridgehead atoms. The van der Waals surface area contributed by atoms with Crippen LogP contribution in [0.1, 0.15) is 42.9 Å². The van der Waals surface area contributed by atoms with Crippen LogP contribution in [0.15, 0.2) is 18.2 Å². The van der Waals surface area contributed by atoms with Crippen molar-refractivity contribution in [3.8, 4) is 5.75 Å². The number of ether oxygens (including phenoxy) is 1. The SMILES string of the molecule is CNC(c1ccc2c(c1)CCO2)C1CC2CCC1C2. The summed E-state index contributed by atoms with van der Waals surface area (Å²) < 4.78 is 5.62. The maximum Gasteiger partial charge on any atom is 0.122 e. The summed E-state index contributed by atoms with van der Waals surface area (Å²) in [7, 11) is 2.13. The molecule has 0 radical (unpaired) electrons. The number of benzene rings is 1. The second-order valence-corrected chi connectivity index (χ2v) is 6.57. The second-order valence-electron chi connectivity index (χ2n) is 6.57. The molecule has 4 unspecified atom stereocenters. The molecule has 0 saturated heterocycles. The van der Waals surface area contributed by atoms with Gasteiger partial charge in [-0.3, -0.25) is 0 Å². The Balaban J connectivity index is 1.62. The second kappa shape index (κ2) is 4.52. The lowest BCUT2D eigenvalue weighted by molar-refractivity contribution is 0.259. The van der Waals surface area contributed by atoms with Gasteiger partial charge in [0.25, 0.3) is 0 Å². The third-order valence-corrected chi connectivity index (χ3v) is 5.60. The van der Waals surface area contributed by atoms with Gasteiger partial charge in [0.15, 0.2) is 0 Å². The van der Waals surface area contributed by atoms with Gasteiger partial charge in [0, 0.05) is 12.5 Å². The van der Waals surface area contributed by atoms with E-state index in [-0.39, 0.29) is 0 Å². The Morgan fingerprint density at radius 1 is 1.26 bits per heavy atom. The molecule has 2 heteroatoms. The van der Waals surface area contributed by atoms with Crippen LogP contribution < -0.4 is 10.1 Å². The van der Waals surface area contributed by atoms with Gasteiger partial charge in [0.2, 0.25) is 0 Å². The molecule has 1 heterocycles. The zero-order chi connectivity index (χ0) is 12.8. The Morgan fingerprint density at radius 3 is 2.95 bits per heavy atom. The summed E-state index contributed by atoms with van der Waals surface area (Å²) in [4.78, 5) is 0. The number of hydrogen-bond acceptors (Lipinski definition) is 2. The van der Waals surface area contributed by atoms with Crippen molar-refractivity contribution in [3.63, 3.8) is 0 Å². The summed E-state index contributed by atoms with van der Waals surface area (Å²) in [5.74, 6) is 3.94. The van der Waals surface area contributed by atoms with Crippen molar-refractivity contribution >= 4 is 0 Å². The molecule has 2 nitrogen and oxygen atoms in total. The van der Waals surface area contributed by atoms with Crippen LogP contribution in [0.5, 0.6) is 5.75 Å². The van der Waals surface area contributed by atoms with Gasteiger partial charge in [0.1, 0.15) is 5.75 Å². The maximum atomic E-state index is 5.62. The van der Waals surface area contributed by atoms with Crippen molar-refractivity contribution < 1.29 is 4.74 Å². The Labute approximate surface area is 115 Å². The highest BCUT2D eigenvalue weighted by atomic mass is 16.5. The third kappa shape index (κ3) is 1.88. The zero-order valence-corrected chi connectivity index (χ0v) is 11.7. The Kier molecular flexibility index (Phi) is 2.80. The van der Waals surface area contributed by atoms with Crippen LogP contribution in [0.4, 0.5) is 0 Å². The topological polar surface area (TPSA) is 21.3 Å². The minimum absolute atomic E-state index is 0.543. The maximum absolute atomic E-state index is 5.62. The van der Waals surface area contributed by atoms with E-state index in [0.29, 0.717) is 6.04 Å². The van der Waals surface area contributed by atoms with E-state index >= 15 is 0 Å². The van der Waals surface area contributed by atoms with Crippen molar-refractivity contribution in [3.05, 3.63) is 29.3 Å². The van der Waals surface area contributed by atoms with Gasteiger partial charge in [-0.05, 0) is 61.3 Å². The van der Waals surface area contributed by atoms with Crippen molar-refractivity contribution in [1.82, 2.24) is 5.32 Å². The van der Waals surface area contributed by atoms with Gasteiger partial charge in [-0.2, -0.15) is 0 Å². The van der Waals surface area contributed by atoms with Crippen LogP contribution >= 0.6 is 0 Å². The van der Waals surface area contributed by atoms with Gasteiger partial charge in [-0.1, -0.05) is 18.6 Å². The van der Waals surface area contributed by atoms with Gasteiger partial charge in [0.05, 0.1) is 6.61 Å². The molecular weight excluding hydrogens is 234 g/mol. The van der Waals surface area contributed by atoms with Crippen LogP contribution in [0, 0.1) is 17.8 Å². The quantitative estimate of drug-likeness (QED) is 0.897. The average molecular weight is 257 g/mol. The highest BCUT2D eigenvalue weighted by Gasteiger charge is 2.43.